The Balaban J connectivity index is 1.53. The molecule has 2 aromatic rings. The Hall–Kier alpha value is -1.87. The first-order valence-electron chi connectivity index (χ1n) is 7.44. The summed E-state index contributed by atoms with van der Waals surface area (Å²) in [5.41, 5.74) is 7.10. The lowest BCUT2D eigenvalue weighted by atomic mass is 10.3. The minimum atomic E-state index is 0.531. The highest BCUT2D eigenvalue weighted by molar-refractivity contribution is 7.14. The van der Waals surface area contributed by atoms with Crippen LogP contribution in [-0.2, 0) is 6.54 Å². The van der Waals surface area contributed by atoms with Crippen LogP contribution < -0.4 is 15.5 Å². The zero-order valence-electron chi connectivity index (χ0n) is 13.3. The first-order chi connectivity index (χ1) is 11.1. The van der Waals surface area contributed by atoms with Crippen molar-refractivity contribution in [3.8, 4) is 0 Å². The molecule has 1 aliphatic heterocycles. The summed E-state index contributed by atoms with van der Waals surface area (Å²) in [7, 11) is 3.98. The van der Waals surface area contributed by atoms with Crippen molar-refractivity contribution in [1.82, 2.24) is 14.9 Å². The lowest BCUT2D eigenvalue weighted by Gasteiger charge is -2.35. The van der Waals surface area contributed by atoms with Crippen LogP contribution in [0.25, 0.3) is 0 Å². The number of nitrogens with zero attached hydrogens (tertiary/aromatic N) is 6. The number of rotatable bonds is 4. The van der Waals surface area contributed by atoms with Crippen LogP contribution in [0.5, 0.6) is 0 Å². The number of thiazole rings is 2. The molecule has 9 heteroatoms. The molecule has 0 aromatic carbocycles. The molecule has 2 aromatic heterocycles. The van der Waals surface area contributed by atoms with E-state index in [1.165, 1.54) is 0 Å². The highest BCUT2D eigenvalue weighted by atomic mass is 32.1. The molecule has 0 unspecified atom stereocenters. The standard InChI is InChI=1S/C14H21N7S2/c1-19(2)14-18-11(10-23-14)9-17-12(15)20-4-6-21(7-5-20)13-16-3-8-22-13/h3,8,10H,4-7,9H2,1-2H3,(H2,15,17). The topological polar surface area (TPSA) is 73.9 Å². The Labute approximate surface area is 144 Å². The minimum absolute atomic E-state index is 0.531. The summed E-state index contributed by atoms with van der Waals surface area (Å²) >= 11 is 3.30. The lowest BCUT2D eigenvalue weighted by molar-refractivity contribution is 0.380. The van der Waals surface area contributed by atoms with Gasteiger partial charge in [0.2, 0.25) is 0 Å². The van der Waals surface area contributed by atoms with Gasteiger partial charge in [0, 0.05) is 57.2 Å². The Morgan fingerprint density at radius 3 is 2.70 bits per heavy atom. The number of aliphatic imine (C=N–C) groups is 1. The first kappa shape index (κ1) is 16.0. The average molecular weight is 352 g/mol. The van der Waals surface area contributed by atoms with Crippen molar-refractivity contribution in [3.05, 3.63) is 22.7 Å². The molecule has 0 amide bonds. The number of nitrogens with two attached hydrogens (primary N) is 1. The Morgan fingerprint density at radius 1 is 1.30 bits per heavy atom. The van der Waals surface area contributed by atoms with E-state index in [1.54, 1.807) is 22.7 Å². The van der Waals surface area contributed by atoms with Crippen LogP contribution in [-0.4, -0.2) is 61.1 Å². The maximum atomic E-state index is 6.14. The molecule has 3 heterocycles. The van der Waals surface area contributed by atoms with E-state index < -0.39 is 0 Å². The average Bonchev–Trinajstić information content (AvgIpc) is 3.24. The lowest BCUT2D eigenvalue weighted by Crippen LogP contribution is -2.51. The molecule has 2 N–H and O–H groups in total. The van der Waals surface area contributed by atoms with Crippen molar-refractivity contribution in [2.45, 2.75) is 6.54 Å². The van der Waals surface area contributed by atoms with E-state index in [2.05, 4.69) is 24.8 Å². The molecule has 0 spiro atoms. The van der Waals surface area contributed by atoms with E-state index in [1.807, 2.05) is 36.0 Å². The van der Waals surface area contributed by atoms with Gasteiger partial charge in [-0.15, -0.1) is 22.7 Å². The molecular weight excluding hydrogens is 330 g/mol. The second kappa shape index (κ2) is 7.14. The maximum absolute atomic E-state index is 6.14. The zero-order chi connectivity index (χ0) is 16.2. The molecule has 0 bridgehead atoms. The molecular formula is C14H21N7S2. The van der Waals surface area contributed by atoms with Crippen LogP contribution in [0.3, 0.4) is 0 Å². The van der Waals surface area contributed by atoms with Crippen molar-refractivity contribution in [1.29, 1.82) is 0 Å². The molecule has 23 heavy (non-hydrogen) atoms. The monoisotopic (exact) mass is 351 g/mol. The van der Waals surface area contributed by atoms with Gasteiger partial charge >= 0.3 is 0 Å². The summed E-state index contributed by atoms with van der Waals surface area (Å²) in [6.45, 7) is 4.11. The number of hydrogen-bond donors (Lipinski definition) is 1. The third-order valence-electron chi connectivity index (χ3n) is 3.62. The molecule has 1 fully saturated rings. The number of aromatic nitrogens is 2. The first-order valence-corrected chi connectivity index (χ1v) is 9.20. The second-order valence-corrected chi connectivity index (χ2v) is 7.19. The molecule has 0 atom stereocenters. The normalized spacial score (nSPS) is 16.0. The predicted octanol–water partition coefficient (Wildman–Crippen LogP) is 1.30. The van der Waals surface area contributed by atoms with Gasteiger partial charge in [-0.1, -0.05) is 0 Å². The molecule has 0 aliphatic carbocycles. The van der Waals surface area contributed by atoms with Gasteiger partial charge in [0.15, 0.2) is 16.2 Å². The summed E-state index contributed by atoms with van der Waals surface area (Å²) < 4.78 is 0. The van der Waals surface area contributed by atoms with Gasteiger partial charge < -0.3 is 20.4 Å². The highest BCUT2D eigenvalue weighted by Gasteiger charge is 2.19. The number of anilines is 2. The molecule has 1 saturated heterocycles. The molecule has 0 saturated carbocycles. The quantitative estimate of drug-likeness (QED) is 0.661. The molecule has 124 valence electrons. The van der Waals surface area contributed by atoms with E-state index in [-0.39, 0.29) is 0 Å². The van der Waals surface area contributed by atoms with E-state index in [0.29, 0.717) is 12.5 Å². The smallest absolute Gasteiger partial charge is 0.191 e. The van der Waals surface area contributed by atoms with Crippen molar-refractivity contribution in [2.75, 3.05) is 50.1 Å². The molecule has 3 rings (SSSR count). The summed E-state index contributed by atoms with van der Waals surface area (Å²) in [6, 6.07) is 0. The van der Waals surface area contributed by atoms with Crippen LogP contribution in [0.1, 0.15) is 5.69 Å². The Kier molecular flexibility index (Phi) is 4.97. The van der Waals surface area contributed by atoms with Crippen LogP contribution in [0.15, 0.2) is 21.9 Å². The van der Waals surface area contributed by atoms with Gasteiger partial charge in [-0.25, -0.2) is 15.0 Å². The van der Waals surface area contributed by atoms with Crippen LogP contribution in [0.4, 0.5) is 10.3 Å². The second-order valence-electron chi connectivity index (χ2n) is 5.48. The Bertz CT molecular complexity index is 642. The predicted molar refractivity (Wildman–Crippen MR) is 97.7 cm³/mol. The summed E-state index contributed by atoms with van der Waals surface area (Å²) in [6.07, 6.45) is 1.85. The van der Waals surface area contributed by atoms with Gasteiger partial charge in [0.25, 0.3) is 0 Å². The van der Waals surface area contributed by atoms with Gasteiger partial charge in [-0.3, -0.25) is 0 Å². The Morgan fingerprint density at radius 2 is 2.09 bits per heavy atom. The zero-order valence-corrected chi connectivity index (χ0v) is 15.0. The highest BCUT2D eigenvalue weighted by Crippen LogP contribution is 2.20. The van der Waals surface area contributed by atoms with Gasteiger partial charge in [0.05, 0.1) is 12.2 Å². The fraction of sp³-hybridized carbons (Fsp3) is 0.500. The third kappa shape index (κ3) is 3.91. The maximum Gasteiger partial charge on any atom is 0.191 e. The summed E-state index contributed by atoms with van der Waals surface area (Å²) in [5.74, 6) is 0.600. The van der Waals surface area contributed by atoms with Crippen molar-refractivity contribution in [2.24, 2.45) is 10.7 Å². The van der Waals surface area contributed by atoms with Crippen molar-refractivity contribution < 1.29 is 0 Å². The van der Waals surface area contributed by atoms with Gasteiger partial charge in [0.1, 0.15) is 0 Å². The number of hydrogen-bond acceptors (Lipinski definition) is 7. The van der Waals surface area contributed by atoms with E-state index in [4.69, 9.17) is 5.73 Å². The van der Waals surface area contributed by atoms with Gasteiger partial charge in [-0.05, 0) is 0 Å². The molecule has 7 nitrogen and oxygen atoms in total. The van der Waals surface area contributed by atoms with Crippen molar-refractivity contribution in [3.63, 3.8) is 0 Å². The third-order valence-corrected chi connectivity index (χ3v) is 5.51. The fourth-order valence-corrected chi connectivity index (χ4v) is 3.78. The van der Waals surface area contributed by atoms with Crippen LogP contribution in [0.2, 0.25) is 0 Å². The summed E-state index contributed by atoms with van der Waals surface area (Å²) in [4.78, 5) is 19.8. The molecule has 0 radical (unpaired) electrons. The van der Waals surface area contributed by atoms with E-state index >= 15 is 0 Å². The molecule has 1 aliphatic rings. The van der Waals surface area contributed by atoms with Crippen molar-refractivity contribution >= 4 is 38.9 Å². The SMILES string of the molecule is CN(C)c1nc(CN=C(N)N2CCN(c3nccs3)CC2)cs1. The number of guanidine groups is 1. The van der Waals surface area contributed by atoms with Crippen LogP contribution >= 0.6 is 22.7 Å². The van der Waals surface area contributed by atoms with Gasteiger partial charge in [-0.2, -0.15) is 0 Å². The largest absolute Gasteiger partial charge is 0.370 e. The number of piperazine rings is 1. The summed E-state index contributed by atoms with van der Waals surface area (Å²) in [5, 5.41) is 6.12. The minimum Gasteiger partial charge on any atom is -0.370 e. The van der Waals surface area contributed by atoms with Crippen LogP contribution in [0, 0.1) is 0 Å². The fourth-order valence-electron chi connectivity index (χ4n) is 2.34. The van der Waals surface area contributed by atoms with E-state index in [0.717, 1.165) is 42.1 Å². The van der Waals surface area contributed by atoms with E-state index in [9.17, 15) is 0 Å².